The third kappa shape index (κ3) is 8.67. The van der Waals surface area contributed by atoms with Crippen molar-refractivity contribution >= 4 is 23.6 Å². The fourth-order valence-corrected chi connectivity index (χ4v) is 5.14. The molecule has 0 spiro atoms. The summed E-state index contributed by atoms with van der Waals surface area (Å²) < 4.78 is 27.8. The molecular formula is C40H32N2O9. The molecule has 6 aromatic carbocycles. The van der Waals surface area contributed by atoms with E-state index in [-0.39, 0.29) is 11.5 Å². The fourth-order valence-electron chi connectivity index (χ4n) is 5.14. The van der Waals surface area contributed by atoms with E-state index in [1.54, 1.807) is 133 Å². The molecule has 0 fully saturated rings. The minimum absolute atomic E-state index is 0.0333. The Morgan fingerprint density at radius 3 is 1.31 bits per heavy atom. The lowest BCUT2D eigenvalue weighted by molar-refractivity contribution is 0.214. The lowest BCUT2D eigenvalue weighted by atomic mass is 10.0. The second kappa shape index (κ2) is 15.4. The number of aromatic hydroxyl groups is 2. The van der Waals surface area contributed by atoms with Crippen LogP contribution in [0.15, 0.2) is 133 Å². The molecule has 11 nitrogen and oxygen atoms in total. The number of amides is 2. The number of benzene rings is 6. The molecule has 0 aliphatic rings. The van der Waals surface area contributed by atoms with Crippen LogP contribution < -0.4 is 34.3 Å². The summed E-state index contributed by atoms with van der Waals surface area (Å²) in [5.74, 6) is 2.50. The van der Waals surface area contributed by atoms with Gasteiger partial charge in [-0.05, 0) is 96.1 Å². The molecule has 4 N–H and O–H groups in total. The summed E-state index contributed by atoms with van der Waals surface area (Å²) in [4.78, 5) is 25.6. The zero-order valence-corrected chi connectivity index (χ0v) is 27.5. The van der Waals surface area contributed by atoms with Crippen LogP contribution in [0.1, 0.15) is 0 Å². The molecule has 11 heteroatoms. The molecular weight excluding hydrogens is 652 g/mol. The summed E-state index contributed by atoms with van der Waals surface area (Å²) in [6.45, 7) is 0. The van der Waals surface area contributed by atoms with Crippen molar-refractivity contribution in [3.8, 4) is 68.2 Å². The summed E-state index contributed by atoms with van der Waals surface area (Å²) in [5.41, 5.74) is 3.08. The van der Waals surface area contributed by atoms with Crippen LogP contribution in [0.3, 0.4) is 0 Å². The van der Waals surface area contributed by atoms with E-state index in [2.05, 4.69) is 10.6 Å². The fraction of sp³-hybridized carbons (Fsp3) is 0.0500. The van der Waals surface area contributed by atoms with E-state index in [1.165, 1.54) is 14.2 Å². The van der Waals surface area contributed by atoms with Crippen LogP contribution >= 0.6 is 0 Å². The molecule has 0 unspecified atom stereocenters. The monoisotopic (exact) mass is 684 g/mol. The number of rotatable bonds is 10. The molecule has 0 heterocycles. The van der Waals surface area contributed by atoms with E-state index in [0.29, 0.717) is 68.1 Å². The molecule has 51 heavy (non-hydrogen) atoms. The minimum atomic E-state index is -0.724. The van der Waals surface area contributed by atoms with Gasteiger partial charge in [-0.1, -0.05) is 36.4 Å². The van der Waals surface area contributed by atoms with Gasteiger partial charge in [0.2, 0.25) is 0 Å². The lowest BCUT2D eigenvalue weighted by Crippen LogP contribution is -2.16. The Labute approximate surface area is 293 Å². The van der Waals surface area contributed by atoms with Gasteiger partial charge in [0.15, 0.2) is 0 Å². The van der Waals surface area contributed by atoms with Crippen molar-refractivity contribution in [2.24, 2.45) is 0 Å². The number of nitrogens with one attached hydrogen (secondary N) is 2. The number of hydrogen-bond acceptors (Lipinski definition) is 9. The highest BCUT2D eigenvalue weighted by Crippen LogP contribution is 2.41. The van der Waals surface area contributed by atoms with Crippen LogP contribution in [0.2, 0.25) is 0 Å². The standard InChI is InChI=1S/C40H32N2O9/c1-47-31-11-5-13-33(23-31)49-39(45)41-27-15-17-37(35(21-27)25-7-3-9-29(43)19-25)51-38-18-16-28(22-36(38)26-8-4-10-30(44)20-26)42-40(46)50-34-14-6-12-32(24-34)48-2/h3-24,43-44H,1-2H3,(H,41,45)(H,42,46). The van der Waals surface area contributed by atoms with Crippen LogP contribution in [0.25, 0.3) is 22.3 Å². The molecule has 0 aliphatic heterocycles. The first kappa shape index (κ1) is 33.7. The van der Waals surface area contributed by atoms with Gasteiger partial charge in [-0.25, -0.2) is 9.59 Å². The van der Waals surface area contributed by atoms with Gasteiger partial charge in [0.1, 0.15) is 46.0 Å². The SMILES string of the molecule is COc1cccc(OC(=O)Nc2ccc(Oc3ccc(NC(=O)Oc4cccc(OC)c4)cc3-c3cccc(O)c3)c(-c3cccc(O)c3)c2)c1. The zero-order valence-electron chi connectivity index (χ0n) is 27.5. The van der Waals surface area contributed by atoms with Crippen molar-refractivity contribution in [1.82, 2.24) is 0 Å². The van der Waals surface area contributed by atoms with Gasteiger partial charge in [-0.15, -0.1) is 0 Å². The maximum Gasteiger partial charge on any atom is 0.417 e. The molecule has 0 atom stereocenters. The normalized spacial score (nSPS) is 10.5. The number of phenols is 2. The number of phenolic OH excluding ortho intramolecular Hbond substituents is 2. The Morgan fingerprint density at radius 1 is 0.490 bits per heavy atom. The summed E-state index contributed by atoms with van der Waals surface area (Å²) in [6, 6.07) is 36.5. The van der Waals surface area contributed by atoms with E-state index in [1.807, 2.05) is 0 Å². The van der Waals surface area contributed by atoms with Gasteiger partial charge in [-0.3, -0.25) is 10.6 Å². The van der Waals surface area contributed by atoms with Crippen molar-refractivity contribution in [2.75, 3.05) is 24.9 Å². The average Bonchev–Trinajstić information content (AvgIpc) is 3.13. The highest BCUT2D eigenvalue weighted by molar-refractivity contribution is 5.90. The van der Waals surface area contributed by atoms with Crippen LogP contribution in [0.4, 0.5) is 21.0 Å². The number of carbonyl (C=O) groups excluding carboxylic acids is 2. The number of methoxy groups -OCH3 is 2. The molecule has 6 aromatic rings. The van der Waals surface area contributed by atoms with Crippen molar-refractivity contribution in [3.63, 3.8) is 0 Å². The van der Waals surface area contributed by atoms with Gasteiger partial charge in [0.25, 0.3) is 0 Å². The lowest BCUT2D eigenvalue weighted by Gasteiger charge is -2.18. The topological polar surface area (TPSA) is 145 Å². The minimum Gasteiger partial charge on any atom is -0.508 e. The van der Waals surface area contributed by atoms with E-state index in [0.717, 1.165) is 0 Å². The van der Waals surface area contributed by atoms with Crippen LogP contribution in [0, 0.1) is 0 Å². The molecule has 0 radical (unpaired) electrons. The molecule has 0 bridgehead atoms. The van der Waals surface area contributed by atoms with E-state index in [9.17, 15) is 19.8 Å². The van der Waals surface area contributed by atoms with Gasteiger partial charge in [-0.2, -0.15) is 0 Å². The van der Waals surface area contributed by atoms with Gasteiger partial charge in [0.05, 0.1) is 14.2 Å². The quantitative estimate of drug-likeness (QED) is 0.111. The first-order chi connectivity index (χ1) is 24.8. The summed E-state index contributed by atoms with van der Waals surface area (Å²) >= 11 is 0. The Balaban J connectivity index is 1.31. The van der Waals surface area contributed by atoms with Crippen LogP contribution in [-0.4, -0.2) is 36.6 Å². The average molecular weight is 685 g/mol. The van der Waals surface area contributed by atoms with E-state index in [4.69, 9.17) is 23.7 Å². The summed E-state index contributed by atoms with van der Waals surface area (Å²) in [6.07, 6.45) is -1.45. The zero-order chi connectivity index (χ0) is 35.7. The predicted octanol–water partition coefficient (Wildman–Crippen LogP) is 9.46. The van der Waals surface area contributed by atoms with Crippen molar-refractivity contribution < 1.29 is 43.5 Å². The molecule has 0 saturated heterocycles. The summed E-state index contributed by atoms with van der Waals surface area (Å²) in [5, 5.41) is 26.1. The van der Waals surface area contributed by atoms with Gasteiger partial charge < -0.3 is 33.9 Å². The van der Waals surface area contributed by atoms with E-state index >= 15 is 0 Å². The highest BCUT2D eigenvalue weighted by Gasteiger charge is 2.17. The number of ether oxygens (including phenoxy) is 5. The van der Waals surface area contributed by atoms with Crippen molar-refractivity contribution in [1.29, 1.82) is 0 Å². The van der Waals surface area contributed by atoms with Crippen LogP contribution in [0.5, 0.6) is 46.0 Å². The molecule has 6 rings (SSSR count). The predicted molar refractivity (Wildman–Crippen MR) is 192 cm³/mol. The maximum atomic E-state index is 12.8. The highest BCUT2D eigenvalue weighted by atomic mass is 16.6. The molecule has 0 aliphatic carbocycles. The molecule has 0 aromatic heterocycles. The molecule has 2 amide bonds. The Morgan fingerprint density at radius 2 is 0.902 bits per heavy atom. The number of hydrogen-bond donors (Lipinski definition) is 4. The molecule has 0 saturated carbocycles. The first-order valence-corrected chi connectivity index (χ1v) is 15.6. The van der Waals surface area contributed by atoms with Gasteiger partial charge >= 0.3 is 12.2 Å². The van der Waals surface area contributed by atoms with Gasteiger partial charge in [0, 0.05) is 34.6 Å². The second-order valence-corrected chi connectivity index (χ2v) is 11.0. The third-order valence-electron chi connectivity index (χ3n) is 7.49. The number of anilines is 2. The Kier molecular flexibility index (Phi) is 10.2. The first-order valence-electron chi connectivity index (χ1n) is 15.6. The smallest absolute Gasteiger partial charge is 0.417 e. The molecule has 256 valence electrons. The Hall–Kier alpha value is -7.14. The largest absolute Gasteiger partial charge is 0.508 e. The van der Waals surface area contributed by atoms with Crippen molar-refractivity contribution in [2.45, 2.75) is 0 Å². The maximum absolute atomic E-state index is 12.8. The van der Waals surface area contributed by atoms with Crippen LogP contribution in [-0.2, 0) is 0 Å². The second-order valence-electron chi connectivity index (χ2n) is 11.0. The summed E-state index contributed by atoms with van der Waals surface area (Å²) in [7, 11) is 3.04. The Bertz CT molecular complexity index is 2050. The third-order valence-corrected chi connectivity index (χ3v) is 7.49. The van der Waals surface area contributed by atoms with Crippen molar-refractivity contribution in [3.05, 3.63) is 133 Å². The van der Waals surface area contributed by atoms with E-state index < -0.39 is 12.2 Å². The number of carbonyl (C=O) groups is 2.